The van der Waals surface area contributed by atoms with Crippen molar-refractivity contribution in [1.29, 1.82) is 0 Å². The molecular weight excluding hydrogens is 368 g/mol. The van der Waals surface area contributed by atoms with Gasteiger partial charge in [0, 0.05) is 26.6 Å². The van der Waals surface area contributed by atoms with Gasteiger partial charge in [0.15, 0.2) is 11.8 Å². The number of methoxy groups -OCH3 is 1. The number of aromatic nitrogens is 2. The first-order valence-corrected chi connectivity index (χ1v) is 10.3. The molecule has 8 heteroatoms. The zero-order valence-corrected chi connectivity index (χ0v) is 17.6. The molecule has 0 radical (unpaired) electrons. The molecule has 1 aliphatic heterocycles. The highest BCUT2D eigenvalue weighted by atomic mass is 16.5. The van der Waals surface area contributed by atoms with Crippen LogP contribution in [0.5, 0.6) is 5.75 Å². The largest absolute Gasteiger partial charge is 0.497 e. The smallest absolute Gasteiger partial charge is 0.226 e. The molecule has 0 saturated carbocycles. The summed E-state index contributed by atoms with van der Waals surface area (Å²) < 4.78 is 10.5. The maximum absolute atomic E-state index is 5.30. The van der Waals surface area contributed by atoms with Crippen LogP contribution in [0.3, 0.4) is 0 Å². The van der Waals surface area contributed by atoms with Gasteiger partial charge in [-0.15, -0.1) is 0 Å². The van der Waals surface area contributed by atoms with Crippen molar-refractivity contribution in [2.45, 2.75) is 38.6 Å². The summed E-state index contributed by atoms with van der Waals surface area (Å²) in [5.74, 6) is 3.05. The van der Waals surface area contributed by atoms with Gasteiger partial charge in [-0.2, -0.15) is 4.98 Å². The number of nitrogens with zero attached hydrogens (tertiary/aromatic N) is 4. The second-order valence-corrected chi connectivity index (χ2v) is 7.25. The molecule has 29 heavy (non-hydrogen) atoms. The van der Waals surface area contributed by atoms with E-state index in [1.807, 2.05) is 19.1 Å². The van der Waals surface area contributed by atoms with Crippen molar-refractivity contribution in [1.82, 2.24) is 25.7 Å². The van der Waals surface area contributed by atoms with Crippen LogP contribution in [0.15, 0.2) is 33.8 Å². The monoisotopic (exact) mass is 400 g/mol. The number of hydrogen-bond donors (Lipinski definition) is 2. The molecule has 2 heterocycles. The maximum atomic E-state index is 5.30. The summed E-state index contributed by atoms with van der Waals surface area (Å²) in [5, 5.41) is 10.7. The van der Waals surface area contributed by atoms with Crippen LogP contribution in [-0.2, 0) is 6.42 Å². The topological polar surface area (TPSA) is 87.8 Å². The number of aliphatic imine (C=N–C) groups is 1. The minimum Gasteiger partial charge on any atom is -0.497 e. The minimum atomic E-state index is 0.309. The highest BCUT2D eigenvalue weighted by molar-refractivity contribution is 5.79. The third-order valence-corrected chi connectivity index (χ3v) is 5.20. The fraction of sp³-hybridized carbons (Fsp3) is 0.571. The lowest BCUT2D eigenvalue weighted by Crippen LogP contribution is -2.43. The van der Waals surface area contributed by atoms with Gasteiger partial charge in [0.1, 0.15) is 5.75 Å². The van der Waals surface area contributed by atoms with Crippen LogP contribution in [0.1, 0.15) is 42.6 Å². The van der Waals surface area contributed by atoms with Crippen LogP contribution in [0.2, 0.25) is 0 Å². The molecule has 3 rings (SSSR count). The fourth-order valence-corrected chi connectivity index (χ4v) is 3.64. The van der Waals surface area contributed by atoms with Gasteiger partial charge in [0.2, 0.25) is 5.89 Å². The van der Waals surface area contributed by atoms with E-state index < -0.39 is 0 Å². The predicted molar refractivity (Wildman–Crippen MR) is 113 cm³/mol. The van der Waals surface area contributed by atoms with Crippen molar-refractivity contribution in [3.8, 4) is 5.75 Å². The summed E-state index contributed by atoms with van der Waals surface area (Å²) >= 11 is 0. The van der Waals surface area contributed by atoms with Crippen molar-refractivity contribution in [2.75, 3.05) is 40.3 Å². The first kappa shape index (κ1) is 21.1. The average molecular weight is 401 g/mol. The Kier molecular flexibility index (Phi) is 7.86. The Morgan fingerprint density at radius 3 is 2.62 bits per heavy atom. The molecule has 0 aliphatic carbocycles. The second-order valence-electron chi connectivity index (χ2n) is 7.25. The van der Waals surface area contributed by atoms with Crippen LogP contribution in [-0.4, -0.2) is 61.3 Å². The van der Waals surface area contributed by atoms with Gasteiger partial charge >= 0.3 is 0 Å². The lowest BCUT2D eigenvalue weighted by atomic mass is 10.1. The highest BCUT2D eigenvalue weighted by Crippen LogP contribution is 2.26. The zero-order chi connectivity index (χ0) is 20.5. The van der Waals surface area contributed by atoms with Gasteiger partial charge in [0.25, 0.3) is 0 Å². The van der Waals surface area contributed by atoms with Crippen molar-refractivity contribution in [2.24, 2.45) is 4.99 Å². The Bertz CT molecular complexity index is 768. The molecule has 1 unspecified atom stereocenters. The Labute approximate surface area is 172 Å². The molecule has 0 spiro atoms. The van der Waals surface area contributed by atoms with E-state index in [9.17, 15) is 0 Å². The number of benzene rings is 1. The van der Waals surface area contributed by atoms with E-state index in [2.05, 4.69) is 42.8 Å². The van der Waals surface area contributed by atoms with Crippen molar-refractivity contribution in [3.63, 3.8) is 0 Å². The van der Waals surface area contributed by atoms with Crippen molar-refractivity contribution in [3.05, 3.63) is 41.5 Å². The van der Waals surface area contributed by atoms with E-state index in [0.29, 0.717) is 17.8 Å². The number of guanidine groups is 1. The standard InChI is InChI=1S/C21H32N6O2/c1-16-25-20(29-26-16)7-6-12-23-21(22-2)24-15-19(27-13-4-5-14-27)17-8-10-18(28-3)11-9-17/h8-11,19H,4-7,12-15H2,1-3H3,(H2,22,23,24). The van der Waals surface area contributed by atoms with Gasteiger partial charge in [-0.3, -0.25) is 9.89 Å². The number of aryl methyl sites for hydroxylation is 2. The summed E-state index contributed by atoms with van der Waals surface area (Å²) in [7, 11) is 3.50. The molecule has 1 saturated heterocycles. The van der Waals surface area contributed by atoms with Crippen LogP contribution in [0.4, 0.5) is 0 Å². The summed E-state index contributed by atoms with van der Waals surface area (Å²) in [6.45, 7) is 5.69. The molecule has 1 fully saturated rings. The summed E-state index contributed by atoms with van der Waals surface area (Å²) in [6.07, 6.45) is 4.17. The Balaban J connectivity index is 1.51. The number of nitrogens with one attached hydrogen (secondary N) is 2. The van der Waals surface area contributed by atoms with E-state index in [1.54, 1.807) is 14.2 Å². The molecular formula is C21H32N6O2. The lowest BCUT2D eigenvalue weighted by Gasteiger charge is -2.29. The Morgan fingerprint density at radius 1 is 1.24 bits per heavy atom. The molecule has 1 aliphatic rings. The number of rotatable bonds is 9. The maximum Gasteiger partial charge on any atom is 0.226 e. The molecule has 1 atom stereocenters. The molecule has 0 amide bonds. The van der Waals surface area contributed by atoms with Crippen LogP contribution in [0, 0.1) is 6.92 Å². The van der Waals surface area contributed by atoms with Crippen LogP contribution < -0.4 is 15.4 Å². The van der Waals surface area contributed by atoms with Crippen LogP contribution >= 0.6 is 0 Å². The Hall–Kier alpha value is -2.61. The molecule has 0 bridgehead atoms. The summed E-state index contributed by atoms with van der Waals surface area (Å²) in [6, 6.07) is 8.69. The molecule has 2 N–H and O–H groups in total. The summed E-state index contributed by atoms with van der Waals surface area (Å²) in [4.78, 5) is 11.1. The van der Waals surface area contributed by atoms with Crippen molar-refractivity contribution < 1.29 is 9.26 Å². The van der Waals surface area contributed by atoms with E-state index in [0.717, 1.165) is 50.7 Å². The first-order valence-electron chi connectivity index (χ1n) is 10.3. The molecule has 1 aromatic heterocycles. The van der Waals surface area contributed by atoms with Gasteiger partial charge in [-0.1, -0.05) is 17.3 Å². The third-order valence-electron chi connectivity index (χ3n) is 5.20. The number of likely N-dealkylation sites (tertiary alicyclic amines) is 1. The second kappa shape index (κ2) is 10.8. The number of hydrogen-bond acceptors (Lipinski definition) is 6. The van der Waals surface area contributed by atoms with Gasteiger partial charge in [-0.05, 0) is 57.0 Å². The minimum absolute atomic E-state index is 0.309. The quantitative estimate of drug-likeness (QED) is 0.379. The zero-order valence-electron chi connectivity index (χ0n) is 17.6. The Morgan fingerprint density at radius 2 is 2.00 bits per heavy atom. The van der Waals surface area contributed by atoms with E-state index >= 15 is 0 Å². The van der Waals surface area contributed by atoms with Crippen LogP contribution in [0.25, 0.3) is 0 Å². The van der Waals surface area contributed by atoms with E-state index in [1.165, 1.54) is 18.4 Å². The molecule has 1 aromatic carbocycles. The number of ether oxygens (including phenoxy) is 1. The fourth-order valence-electron chi connectivity index (χ4n) is 3.64. The predicted octanol–water partition coefficient (Wildman–Crippen LogP) is 2.32. The lowest BCUT2D eigenvalue weighted by molar-refractivity contribution is 0.245. The first-order chi connectivity index (χ1) is 14.2. The van der Waals surface area contributed by atoms with E-state index in [4.69, 9.17) is 9.26 Å². The highest BCUT2D eigenvalue weighted by Gasteiger charge is 2.23. The summed E-state index contributed by atoms with van der Waals surface area (Å²) in [5.41, 5.74) is 1.29. The van der Waals surface area contributed by atoms with Gasteiger partial charge in [0.05, 0.1) is 13.2 Å². The molecule has 2 aromatic rings. The third kappa shape index (κ3) is 6.19. The van der Waals surface area contributed by atoms with Crippen molar-refractivity contribution >= 4 is 5.96 Å². The average Bonchev–Trinajstić information content (AvgIpc) is 3.42. The van der Waals surface area contributed by atoms with Gasteiger partial charge in [-0.25, -0.2) is 0 Å². The van der Waals surface area contributed by atoms with E-state index in [-0.39, 0.29) is 0 Å². The van der Waals surface area contributed by atoms with Gasteiger partial charge < -0.3 is 19.9 Å². The normalized spacial score (nSPS) is 16.0. The SMILES string of the molecule is CN=C(NCCCc1nc(C)no1)NCC(c1ccc(OC)cc1)N1CCCC1. The molecule has 8 nitrogen and oxygen atoms in total. The molecule has 158 valence electrons.